The Morgan fingerprint density at radius 2 is 1.81 bits per heavy atom. The van der Waals surface area contributed by atoms with Gasteiger partial charge in [-0.15, -0.1) is 0 Å². The number of carbonyl (C=O) groups is 1. The number of rotatable bonds is 4. The molecular formula is C18H21F3N4O+2. The first-order chi connectivity index (χ1) is 12.4. The van der Waals surface area contributed by atoms with E-state index in [1.807, 2.05) is 24.4 Å². The molecule has 0 spiro atoms. The number of piperazine rings is 1. The van der Waals surface area contributed by atoms with Gasteiger partial charge in [-0.25, -0.2) is 4.98 Å². The molecule has 0 radical (unpaired) electrons. The van der Waals surface area contributed by atoms with Crippen molar-refractivity contribution < 1.29 is 27.8 Å². The largest absolute Gasteiger partial charge is 0.416 e. The van der Waals surface area contributed by atoms with Crippen LogP contribution in [0.5, 0.6) is 0 Å². The molecule has 3 rings (SSSR count). The lowest BCUT2D eigenvalue weighted by atomic mass is 10.2. The molecule has 1 aliphatic rings. The van der Waals surface area contributed by atoms with Gasteiger partial charge in [-0.05, 0) is 30.3 Å². The molecule has 0 bridgehead atoms. The van der Waals surface area contributed by atoms with Crippen molar-refractivity contribution in [1.82, 2.24) is 0 Å². The smallest absolute Gasteiger partial charge is 0.321 e. The Labute approximate surface area is 149 Å². The van der Waals surface area contributed by atoms with E-state index in [0.29, 0.717) is 12.2 Å². The number of aromatic nitrogens is 1. The molecule has 0 atom stereocenters. The van der Waals surface area contributed by atoms with Crippen LogP contribution in [0, 0.1) is 0 Å². The zero-order chi connectivity index (χ0) is 18.6. The topological polar surface area (TPSA) is 50.9 Å². The maximum atomic E-state index is 12.5. The summed E-state index contributed by atoms with van der Waals surface area (Å²) in [6.45, 7) is 3.62. The van der Waals surface area contributed by atoms with Crippen molar-refractivity contribution in [3.05, 3.63) is 54.2 Å². The Balaban J connectivity index is 1.47. The van der Waals surface area contributed by atoms with Gasteiger partial charge in [0.1, 0.15) is 26.2 Å². The highest BCUT2D eigenvalue weighted by molar-refractivity contribution is 5.91. The Bertz CT molecular complexity index is 726. The molecule has 138 valence electrons. The minimum absolute atomic E-state index is 0.195. The van der Waals surface area contributed by atoms with Gasteiger partial charge in [0.25, 0.3) is 11.7 Å². The van der Waals surface area contributed by atoms with Gasteiger partial charge in [0.2, 0.25) is 0 Å². The third-order valence-corrected chi connectivity index (χ3v) is 4.41. The molecule has 2 aromatic rings. The average Bonchev–Trinajstić information content (AvgIpc) is 2.63. The van der Waals surface area contributed by atoms with Crippen LogP contribution in [-0.4, -0.2) is 38.6 Å². The summed E-state index contributed by atoms with van der Waals surface area (Å²) in [5, 5.41) is 2.66. The van der Waals surface area contributed by atoms with Crippen LogP contribution in [-0.2, 0) is 11.0 Å². The van der Waals surface area contributed by atoms with E-state index in [2.05, 4.69) is 15.2 Å². The number of hydrogen-bond donors (Lipinski definition) is 2. The molecule has 1 fully saturated rings. The number of nitrogens with zero attached hydrogens (tertiary/aromatic N) is 1. The number of amides is 1. The molecule has 1 aromatic carbocycles. The van der Waals surface area contributed by atoms with Gasteiger partial charge in [-0.3, -0.25) is 9.69 Å². The fourth-order valence-electron chi connectivity index (χ4n) is 3.00. The molecule has 1 saturated heterocycles. The van der Waals surface area contributed by atoms with E-state index < -0.39 is 11.7 Å². The molecule has 0 aliphatic carbocycles. The number of nitrogens with one attached hydrogen (secondary N) is 3. The molecule has 5 nitrogen and oxygen atoms in total. The highest BCUT2D eigenvalue weighted by Gasteiger charge is 2.30. The predicted molar refractivity (Wildman–Crippen MR) is 90.8 cm³/mol. The van der Waals surface area contributed by atoms with Crippen LogP contribution in [0.2, 0.25) is 0 Å². The Hall–Kier alpha value is -2.61. The number of benzene rings is 1. The highest BCUT2D eigenvalue weighted by Crippen LogP contribution is 2.29. The minimum Gasteiger partial charge on any atom is -0.321 e. The van der Waals surface area contributed by atoms with Crippen molar-refractivity contribution in [2.45, 2.75) is 6.18 Å². The van der Waals surface area contributed by atoms with E-state index in [9.17, 15) is 18.0 Å². The standard InChI is InChI=1S/C18H19F3N4O/c19-18(20,21)14-4-6-15(7-5-14)23-17(26)13-24-9-11-25(12-10-24)16-3-1-2-8-22-16/h1-8H,9-13H2,(H,23,26)/p+2. The van der Waals surface area contributed by atoms with E-state index in [4.69, 9.17) is 0 Å². The predicted octanol–water partition coefficient (Wildman–Crippen LogP) is 0.863. The molecule has 1 amide bonds. The summed E-state index contributed by atoms with van der Waals surface area (Å²) < 4.78 is 37.6. The molecule has 1 aliphatic heterocycles. The average molecular weight is 366 g/mol. The zero-order valence-corrected chi connectivity index (χ0v) is 14.1. The minimum atomic E-state index is -4.37. The second-order valence-corrected chi connectivity index (χ2v) is 6.28. The van der Waals surface area contributed by atoms with E-state index in [-0.39, 0.29) is 5.91 Å². The first kappa shape index (κ1) is 18.2. The Kier molecular flexibility index (Phi) is 5.41. The second kappa shape index (κ2) is 7.74. The van der Waals surface area contributed by atoms with Crippen molar-refractivity contribution in [3.63, 3.8) is 0 Å². The third-order valence-electron chi connectivity index (χ3n) is 4.41. The monoisotopic (exact) mass is 366 g/mol. The fraction of sp³-hybridized carbons (Fsp3) is 0.333. The Morgan fingerprint density at radius 1 is 1.12 bits per heavy atom. The molecule has 0 saturated carbocycles. The first-order valence-electron chi connectivity index (χ1n) is 8.44. The van der Waals surface area contributed by atoms with Crippen LogP contribution < -0.4 is 20.1 Å². The second-order valence-electron chi connectivity index (χ2n) is 6.28. The summed E-state index contributed by atoms with van der Waals surface area (Å²) in [5.74, 6) is 0.861. The molecule has 26 heavy (non-hydrogen) atoms. The third kappa shape index (κ3) is 4.72. The zero-order valence-electron chi connectivity index (χ0n) is 14.1. The van der Waals surface area contributed by atoms with Crippen LogP contribution in [0.15, 0.2) is 48.7 Å². The lowest BCUT2D eigenvalue weighted by Gasteiger charge is -2.27. The van der Waals surface area contributed by atoms with Crippen molar-refractivity contribution in [2.24, 2.45) is 0 Å². The molecule has 8 heteroatoms. The quantitative estimate of drug-likeness (QED) is 0.844. The van der Waals surface area contributed by atoms with Crippen molar-refractivity contribution in [3.8, 4) is 0 Å². The SMILES string of the molecule is O=C(C[NH+]1CCN(c2cccc[nH+]2)CC1)Nc1ccc(C(F)(F)F)cc1. The molecule has 3 N–H and O–H groups in total. The van der Waals surface area contributed by atoms with Crippen LogP contribution in [0.3, 0.4) is 0 Å². The molecular weight excluding hydrogens is 345 g/mol. The van der Waals surface area contributed by atoms with Gasteiger partial charge >= 0.3 is 6.18 Å². The van der Waals surface area contributed by atoms with Crippen molar-refractivity contribution >= 4 is 17.4 Å². The summed E-state index contributed by atoms with van der Waals surface area (Å²) in [6, 6.07) is 10.4. The number of pyridine rings is 1. The van der Waals surface area contributed by atoms with E-state index in [0.717, 1.165) is 49.0 Å². The molecule has 2 heterocycles. The Morgan fingerprint density at radius 3 is 2.38 bits per heavy atom. The van der Waals surface area contributed by atoms with Crippen molar-refractivity contribution in [2.75, 3.05) is 42.9 Å². The van der Waals surface area contributed by atoms with Gasteiger partial charge in [0, 0.05) is 11.8 Å². The van der Waals surface area contributed by atoms with Gasteiger partial charge in [0.05, 0.1) is 11.8 Å². The number of halogens is 3. The summed E-state index contributed by atoms with van der Waals surface area (Å²) in [7, 11) is 0. The first-order valence-corrected chi connectivity index (χ1v) is 8.44. The van der Waals surface area contributed by atoms with Gasteiger partial charge in [-0.2, -0.15) is 13.2 Å². The number of alkyl halides is 3. The summed E-state index contributed by atoms with van der Waals surface area (Å²) >= 11 is 0. The summed E-state index contributed by atoms with van der Waals surface area (Å²) in [6.07, 6.45) is -2.49. The molecule has 0 unspecified atom stereocenters. The number of quaternary nitrogens is 1. The lowest BCUT2D eigenvalue weighted by molar-refractivity contribution is -0.892. The van der Waals surface area contributed by atoms with Gasteiger partial charge in [-0.1, -0.05) is 6.07 Å². The van der Waals surface area contributed by atoms with E-state index >= 15 is 0 Å². The van der Waals surface area contributed by atoms with Crippen LogP contribution in [0.1, 0.15) is 5.56 Å². The van der Waals surface area contributed by atoms with E-state index in [1.54, 1.807) is 0 Å². The summed E-state index contributed by atoms with van der Waals surface area (Å²) in [4.78, 5) is 18.7. The van der Waals surface area contributed by atoms with Crippen LogP contribution in [0.25, 0.3) is 0 Å². The highest BCUT2D eigenvalue weighted by atomic mass is 19.4. The number of carbonyl (C=O) groups excluding carboxylic acids is 1. The fourth-order valence-corrected chi connectivity index (χ4v) is 3.00. The van der Waals surface area contributed by atoms with Gasteiger partial charge in [0.15, 0.2) is 6.54 Å². The lowest BCUT2D eigenvalue weighted by Crippen LogP contribution is -3.15. The van der Waals surface area contributed by atoms with E-state index in [1.165, 1.54) is 12.1 Å². The number of H-pyrrole nitrogens is 1. The maximum absolute atomic E-state index is 12.5. The van der Waals surface area contributed by atoms with Crippen LogP contribution in [0.4, 0.5) is 24.7 Å². The van der Waals surface area contributed by atoms with Crippen LogP contribution >= 0.6 is 0 Å². The molecule has 1 aromatic heterocycles. The van der Waals surface area contributed by atoms with Gasteiger partial charge < -0.3 is 10.2 Å². The number of aromatic amines is 1. The maximum Gasteiger partial charge on any atom is 0.416 e. The number of anilines is 2. The normalized spacial score (nSPS) is 15.7. The number of hydrogen-bond acceptors (Lipinski definition) is 2. The van der Waals surface area contributed by atoms with Crippen molar-refractivity contribution in [1.29, 1.82) is 0 Å². The summed E-state index contributed by atoms with van der Waals surface area (Å²) in [5.41, 5.74) is -0.352.